The van der Waals surface area contributed by atoms with Gasteiger partial charge in [-0.2, -0.15) is 39.5 Å². The largest absolute Gasteiger partial charge is 0.489 e. The Morgan fingerprint density at radius 1 is 1.00 bits per heavy atom. The summed E-state index contributed by atoms with van der Waals surface area (Å²) in [5.74, 6) is -1.98. The van der Waals surface area contributed by atoms with Crippen LogP contribution in [0.15, 0.2) is 52.8 Å². The molecule has 2 aliphatic rings. The van der Waals surface area contributed by atoms with Gasteiger partial charge in [0.25, 0.3) is 5.56 Å². The monoisotopic (exact) mass is 692 g/mol. The molecule has 2 aromatic heterocycles. The quantitative estimate of drug-likeness (QED) is 0.175. The van der Waals surface area contributed by atoms with Crippen LogP contribution in [0.5, 0.6) is 5.75 Å². The smallest absolute Gasteiger partial charge is 0.407 e. The van der Waals surface area contributed by atoms with Gasteiger partial charge in [-0.3, -0.25) is 14.6 Å². The van der Waals surface area contributed by atoms with Crippen molar-refractivity contribution >= 4 is 49.7 Å². The molecule has 2 aliphatic heterocycles. The van der Waals surface area contributed by atoms with Gasteiger partial charge < -0.3 is 15.0 Å². The van der Waals surface area contributed by atoms with Crippen LogP contribution in [0.25, 0.3) is 21.1 Å². The Labute approximate surface area is 264 Å². The normalized spacial score (nSPS) is 17.8. The SMILES string of the molecule is CC(C)C[C@@H]1COc2cc3c(cc2N1CC(F)(F)F)C(C(F)(F)F)(C(F)(F)F)CC(=O)N3.O=c1ccc2cc3nccsc3cc2n1. The number of anilines is 2. The van der Waals surface area contributed by atoms with E-state index < -0.39 is 65.8 Å². The highest BCUT2D eigenvalue weighted by molar-refractivity contribution is 7.16. The third-order valence-corrected chi connectivity index (χ3v) is 8.55. The number of aromatic nitrogens is 2. The summed E-state index contributed by atoms with van der Waals surface area (Å²) in [5.41, 5.74) is -5.79. The molecule has 0 fully saturated rings. The highest BCUT2D eigenvalue weighted by atomic mass is 32.1. The summed E-state index contributed by atoms with van der Waals surface area (Å²) in [6.07, 6.45) is -16.7. The maximum absolute atomic E-state index is 13.9. The van der Waals surface area contributed by atoms with E-state index in [2.05, 4.69) is 9.97 Å². The predicted octanol–water partition coefficient (Wildman–Crippen LogP) is 7.77. The summed E-state index contributed by atoms with van der Waals surface area (Å²) in [4.78, 5) is 31.8. The van der Waals surface area contributed by atoms with E-state index in [1.807, 2.05) is 22.8 Å². The van der Waals surface area contributed by atoms with Crippen molar-refractivity contribution in [2.75, 3.05) is 23.4 Å². The number of pyridine rings is 1. The maximum atomic E-state index is 13.9. The van der Waals surface area contributed by atoms with Gasteiger partial charge in [0, 0.05) is 40.3 Å². The summed E-state index contributed by atoms with van der Waals surface area (Å²) in [5, 5.41) is 4.82. The first-order valence-electron chi connectivity index (χ1n) is 14.0. The third kappa shape index (κ3) is 6.80. The summed E-state index contributed by atoms with van der Waals surface area (Å²) in [7, 11) is 0. The van der Waals surface area contributed by atoms with Crippen molar-refractivity contribution in [3.05, 3.63) is 63.9 Å². The van der Waals surface area contributed by atoms with E-state index in [0.717, 1.165) is 32.1 Å². The van der Waals surface area contributed by atoms with Gasteiger partial charge in [-0.1, -0.05) is 13.8 Å². The Morgan fingerprint density at radius 3 is 2.34 bits per heavy atom. The molecule has 7 nitrogen and oxygen atoms in total. The molecule has 4 aromatic rings. The van der Waals surface area contributed by atoms with Gasteiger partial charge in [0.2, 0.25) is 5.91 Å². The fourth-order valence-corrected chi connectivity index (χ4v) is 6.39. The molecule has 6 rings (SSSR count). The summed E-state index contributed by atoms with van der Waals surface area (Å²) in [6.45, 7) is 1.58. The summed E-state index contributed by atoms with van der Waals surface area (Å²) < 4.78 is 129. The number of rotatable bonds is 3. The number of benzene rings is 2. The number of nitrogens with one attached hydrogen (secondary N) is 1. The highest BCUT2D eigenvalue weighted by Gasteiger charge is 2.74. The lowest BCUT2D eigenvalue weighted by molar-refractivity contribution is -0.303. The lowest BCUT2D eigenvalue weighted by Crippen LogP contribution is -2.58. The molecule has 0 unspecified atom stereocenters. The van der Waals surface area contributed by atoms with Crippen molar-refractivity contribution in [2.45, 2.75) is 56.7 Å². The minimum atomic E-state index is -5.94. The first kappa shape index (κ1) is 34.2. The Bertz CT molecular complexity index is 1860. The van der Waals surface area contributed by atoms with Crippen molar-refractivity contribution in [1.82, 2.24) is 9.97 Å². The molecule has 17 heteroatoms. The first-order valence-corrected chi connectivity index (χ1v) is 14.9. The Hall–Kier alpha value is -4.15. The van der Waals surface area contributed by atoms with Gasteiger partial charge in [0.15, 0.2) is 5.41 Å². The Kier molecular flexibility index (Phi) is 8.83. The van der Waals surface area contributed by atoms with E-state index in [4.69, 9.17) is 4.74 Å². The molecule has 47 heavy (non-hydrogen) atoms. The molecule has 4 heterocycles. The minimum Gasteiger partial charge on any atom is -0.489 e. The maximum Gasteiger partial charge on any atom is 0.407 e. The van der Waals surface area contributed by atoms with Crippen molar-refractivity contribution < 1.29 is 49.0 Å². The number of carbonyl (C=O) groups excluding carboxylic acids is 1. The van der Waals surface area contributed by atoms with Gasteiger partial charge in [0.1, 0.15) is 18.9 Å². The van der Waals surface area contributed by atoms with E-state index in [9.17, 15) is 49.1 Å². The fraction of sp³-hybridized carbons (Fsp3) is 0.400. The molecule has 1 atom stereocenters. The molecule has 0 saturated heterocycles. The second-order valence-corrected chi connectivity index (χ2v) is 12.5. The van der Waals surface area contributed by atoms with Crippen molar-refractivity contribution in [2.24, 2.45) is 5.92 Å². The standard InChI is InChI=1S/C19H19F9N2O2.C11H6N2OS/c1-9(2)3-10-7-32-14-5-12-11(4-13(14)30(10)8-17(20,21)22)16(18(23,24)25,19(26,27)28)6-15(31)29-12;14-11-2-1-7-5-9-10(6-8(7)13-11)15-4-3-12-9/h4-5,9-10H,3,6-8H2,1-2H3,(H,29,31);1-6H/t10-;/m1./s1. The van der Waals surface area contributed by atoms with Crippen LogP contribution in [0.1, 0.15) is 32.3 Å². The van der Waals surface area contributed by atoms with Crippen molar-refractivity contribution in [1.29, 1.82) is 0 Å². The number of halogens is 9. The van der Waals surface area contributed by atoms with E-state index in [1.165, 1.54) is 6.07 Å². The second-order valence-electron chi connectivity index (χ2n) is 11.5. The first-order chi connectivity index (χ1) is 21.8. The van der Waals surface area contributed by atoms with E-state index >= 15 is 0 Å². The zero-order valence-corrected chi connectivity index (χ0v) is 25.3. The molecular formula is C30H25F9N4O3S. The summed E-state index contributed by atoms with van der Waals surface area (Å²) >= 11 is 1.59. The van der Waals surface area contributed by atoms with Gasteiger partial charge in [-0.15, -0.1) is 11.3 Å². The lowest BCUT2D eigenvalue weighted by atomic mass is 9.72. The van der Waals surface area contributed by atoms with E-state index in [0.29, 0.717) is 6.07 Å². The molecular weight excluding hydrogens is 667 g/mol. The highest BCUT2D eigenvalue weighted by Crippen LogP contribution is 2.59. The van der Waals surface area contributed by atoms with Crippen LogP contribution in [0.3, 0.4) is 0 Å². The van der Waals surface area contributed by atoms with Crippen molar-refractivity contribution in [3.8, 4) is 5.75 Å². The number of ether oxygens (including phenoxy) is 1. The minimum absolute atomic E-state index is 0.123. The molecule has 0 radical (unpaired) electrons. The van der Waals surface area contributed by atoms with Crippen LogP contribution in [0.4, 0.5) is 50.9 Å². The van der Waals surface area contributed by atoms with Crippen LogP contribution >= 0.6 is 11.3 Å². The average Bonchev–Trinajstić information content (AvgIpc) is 2.94. The molecule has 252 valence electrons. The van der Waals surface area contributed by atoms with Crippen LogP contribution < -0.4 is 20.5 Å². The molecule has 1 N–H and O–H groups in total. The summed E-state index contributed by atoms with van der Waals surface area (Å²) in [6, 6.07) is 7.33. The number of hydrogen-bond donors (Lipinski definition) is 1. The second kappa shape index (κ2) is 12.1. The molecule has 0 bridgehead atoms. The van der Waals surface area contributed by atoms with Gasteiger partial charge >= 0.3 is 18.5 Å². The number of hydrogen-bond acceptors (Lipinski definition) is 7. The molecule has 0 saturated carbocycles. The lowest BCUT2D eigenvalue weighted by Gasteiger charge is -2.44. The number of carbonyl (C=O) groups is 1. The number of amides is 1. The van der Waals surface area contributed by atoms with Gasteiger partial charge in [0.05, 0.1) is 33.9 Å². The molecule has 2 aromatic carbocycles. The molecule has 0 aliphatic carbocycles. The van der Waals surface area contributed by atoms with Crippen molar-refractivity contribution in [3.63, 3.8) is 0 Å². The fourth-order valence-electron chi connectivity index (χ4n) is 5.71. The topological polar surface area (TPSA) is 84.4 Å². The van der Waals surface area contributed by atoms with Crippen LogP contribution in [-0.2, 0) is 10.2 Å². The van der Waals surface area contributed by atoms with Crippen LogP contribution in [0, 0.1) is 5.92 Å². The number of nitrogens with zero attached hydrogens (tertiary/aromatic N) is 3. The van der Waals surface area contributed by atoms with Crippen LogP contribution in [0.2, 0.25) is 0 Å². The zero-order chi connectivity index (χ0) is 34.5. The molecule has 1 amide bonds. The zero-order valence-electron chi connectivity index (χ0n) is 24.5. The van der Waals surface area contributed by atoms with Gasteiger partial charge in [-0.05, 0) is 36.6 Å². The number of fused-ring (bicyclic) bond motifs is 4. The van der Waals surface area contributed by atoms with Gasteiger partial charge in [-0.25, -0.2) is 4.98 Å². The molecule has 0 spiro atoms. The predicted molar refractivity (Wildman–Crippen MR) is 157 cm³/mol. The van der Waals surface area contributed by atoms with E-state index in [1.54, 1.807) is 37.4 Å². The number of alkyl halides is 9. The Balaban J connectivity index is 0.000000238. The Morgan fingerprint density at radius 2 is 1.70 bits per heavy atom. The van der Waals surface area contributed by atoms with E-state index in [-0.39, 0.29) is 30.3 Å². The van der Waals surface area contributed by atoms with Crippen LogP contribution in [-0.4, -0.2) is 53.6 Å². The average molecular weight is 693 g/mol. The third-order valence-electron chi connectivity index (χ3n) is 7.71.